The molecule has 0 atom stereocenters. The van der Waals surface area contributed by atoms with Gasteiger partial charge in [-0.3, -0.25) is 0 Å². The van der Waals surface area contributed by atoms with Crippen LogP contribution in [-0.2, 0) is 0 Å². The fourth-order valence-corrected chi connectivity index (χ4v) is 1.87. The molecule has 0 aliphatic heterocycles. The van der Waals surface area contributed by atoms with E-state index in [2.05, 4.69) is 11.6 Å². The number of hydrogen-bond acceptors (Lipinski definition) is 3. The Morgan fingerprint density at radius 1 is 1.38 bits per heavy atom. The molecule has 0 aliphatic carbocycles. The standard InChI is InChI=1S/C12H18FNOS/c1-15-12-9-10(5-6-11(12)13)14-7-3-4-8-16-2/h5-6,9,14H,3-4,7-8H2,1-2H3. The van der Waals surface area contributed by atoms with Gasteiger partial charge in [-0.2, -0.15) is 11.8 Å². The van der Waals surface area contributed by atoms with E-state index < -0.39 is 0 Å². The summed E-state index contributed by atoms with van der Waals surface area (Å²) in [5.41, 5.74) is 0.905. The van der Waals surface area contributed by atoms with Gasteiger partial charge in [-0.1, -0.05) is 0 Å². The predicted octanol–water partition coefficient (Wildman–Crippen LogP) is 3.39. The summed E-state index contributed by atoms with van der Waals surface area (Å²) in [6, 6.07) is 4.83. The highest BCUT2D eigenvalue weighted by atomic mass is 32.2. The molecule has 0 amide bonds. The Bertz CT molecular complexity index is 320. The zero-order valence-corrected chi connectivity index (χ0v) is 10.6. The summed E-state index contributed by atoms with van der Waals surface area (Å²) in [4.78, 5) is 0. The number of thioether (sulfide) groups is 1. The molecular formula is C12H18FNOS. The number of hydrogen-bond donors (Lipinski definition) is 1. The van der Waals surface area contributed by atoms with Crippen LogP contribution in [0.15, 0.2) is 18.2 Å². The topological polar surface area (TPSA) is 21.3 Å². The number of methoxy groups -OCH3 is 1. The molecule has 0 saturated carbocycles. The number of unbranched alkanes of at least 4 members (excludes halogenated alkanes) is 1. The van der Waals surface area contributed by atoms with E-state index in [4.69, 9.17) is 4.74 Å². The van der Waals surface area contributed by atoms with Crippen LogP contribution >= 0.6 is 11.8 Å². The van der Waals surface area contributed by atoms with Crippen molar-refractivity contribution in [2.24, 2.45) is 0 Å². The molecule has 0 spiro atoms. The minimum absolute atomic E-state index is 0.286. The van der Waals surface area contributed by atoms with Crippen LogP contribution in [0.4, 0.5) is 10.1 Å². The van der Waals surface area contributed by atoms with Crippen molar-refractivity contribution in [2.75, 3.05) is 31.0 Å². The number of benzene rings is 1. The van der Waals surface area contributed by atoms with Gasteiger partial charge in [0.15, 0.2) is 11.6 Å². The van der Waals surface area contributed by atoms with Crippen molar-refractivity contribution in [1.82, 2.24) is 0 Å². The van der Waals surface area contributed by atoms with Crippen molar-refractivity contribution in [2.45, 2.75) is 12.8 Å². The van der Waals surface area contributed by atoms with E-state index >= 15 is 0 Å². The third kappa shape index (κ3) is 4.31. The van der Waals surface area contributed by atoms with Gasteiger partial charge in [-0.25, -0.2) is 4.39 Å². The second kappa shape index (κ2) is 7.39. The lowest BCUT2D eigenvalue weighted by molar-refractivity contribution is 0.387. The summed E-state index contributed by atoms with van der Waals surface area (Å²) >= 11 is 1.86. The summed E-state index contributed by atoms with van der Waals surface area (Å²) in [5, 5.41) is 3.25. The number of halogens is 1. The van der Waals surface area contributed by atoms with Gasteiger partial charge in [-0.05, 0) is 37.0 Å². The van der Waals surface area contributed by atoms with Crippen molar-refractivity contribution in [1.29, 1.82) is 0 Å². The van der Waals surface area contributed by atoms with Crippen LogP contribution in [0.5, 0.6) is 5.75 Å². The molecule has 1 rings (SSSR count). The number of anilines is 1. The second-order valence-corrected chi connectivity index (χ2v) is 4.46. The molecule has 16 heavy (non-hydrogen) atoms. The molecule has 0 radical (unpaired) electrons. The van der Waals surface area contributed by atoms with Gasteiger partial charge in [0.2, 0.25) is 0 Å². The van der Waals surface area contributed by atoms with Gasteiger partial charge in [0.1, 0.15) is 0 Å². The first kappa shape index (κ1) is 13.2. The summed E-state index contributed by atoms with van der Waals surface area (Å²) in [7, 11) is 1.47. The lowest BCUT2D eigenvalue weighted by atomic mass is 10.2. The minimum Gasteiger partial charge on any atom is -0.494 e. The molecule has 1 aromatic rings. The summed E-state index contributed by atoms with van der Waals surface area (Å²) in [6.07, 6.45) is 4.44. The van der Waals surface area contributed by atoms with Crippen LogP contribution in [0.25, 0.3) is 0 Å². The second-order valence-electron chi connectivity index (χ2n) is 3.48. The van der Waals surface area contributed by atoms with Crippen LogP contribution in [0.1, 0.15) is 12.8 Å². The number of rotatable bonds is 7. The summed E-state index contributed by atoms with van der Waals surface area (Å²) < 4.78 is 18.0. The first-order chi connectivity index (χ1) is 7.77. The number of nitrogens with one attached hydrogen (secondary N) is 1. The van der Waals surface area contributed by atoms with Gasteiger partial charge < -0.3 is 10.1 Å². The van der Waals surface area contributed by atoms with Gasteiger partial charge in [0.05, 0.1) is 7.11 Å². The molecule has 0 bridgehead atoms. The highest BCUT2D eigenvalue weighted by Gasteiger charge is 2.02. The minimum atomic E-state index is -0.324. The van der Waals surface area contributed by atoms with Gasteiger partial charge in [0.25, 0.3) is 0 Å². The zero-order valence-electron chi connectivity index (χ0n) is 9.75. The Hall–Kier alpha value is -0.900. The van der Waals surface area contributed by atoms with E-state index in [1.54, 1.807) is 12.1 Å². The van der Waals surface area contributed by atoms with Crippen molar-refractivity contribution >= 4 is 17.4 Å². The molecule has 90 valence electrons. The monoisotopic (exact) mass is 243 g/mol. The fourth-order valence-electron chi connectivity index (χ4n) is 1.37. The first-order valence-electron chi connectivity index (χ1n) is 5.34. The van der Waals surface area contributed by atoms with Gasteiger partial charge >= 0.3 is 0 Å². The maximum Gasteiger partial charge on any atom is 0.165 e. The van der Waals surface area contributed by atoms with E-state index in [1.165, 1.54) is 25.3 Å². The van der Waals surface area contributed by atoms with Crippen molar-refractivity contribution in [3.05, 3.63) is 24.0 Å². The average molecular weight is 243 g/mol. The summed E-state index contributed by atoms with van der Waals surface area (Å²) in [6.45, 7) is 0.912. The highest BCUT2D eigenvalue weighted by molar-refractivity contribution is 7.98. The molecule has 1 N–H and O–H groups in total. The summed E-state index contributed by atoms with van der Waals surface area (Å²) in [5.74, 6) is 1.15. The largest absolute Gasteiger partial charge is 0.494 e. The Balaban J connectivity index is 2.36. The first-order valence-corrected chi connectivity index (χ1v) is 6.73. The molecule has 0 aliphatic rings. The zero-order chi connectivity index (χ0) is 11.8. The van der Waals surface area contributed by atoms with E-state index in [9.17, 15) is 4.39 Å². The Morgan fingerprint density at radius 3 is 2.88 bits per heavy atom. The maximum absolute atomic E-state index is 13.1. The quantitative estimate of drug-likeness (QED) is 0.742. The average Bonchev–Trinajstić information content (AvgIpc) is 2.31. The normalized spacial score (nSPS) is 10.2. The van der Waals surface area contributed by atoms with Crippen LogP contribution in [0.2, 0.25) is 0 Å². The van der Waals surface area contributed by atoms with E-state index in [-0.39, 0.29) is 11.6 Å². The van der Waals surface area contributed by atoms with E-state index in [1.807, 2.05) is 11.8 Å². The van der Waals surface area contributed by atoms with Crippen LogP contribution < -0.4 is 10.1 Å². The molecule has 2 nitrogen and oxygen atoms in total. The molecule has 0 fully saturated rings. The van der Waals surface area contributed by atoms with Crippen LogP contribution in [0.3, 0.4) is 0 Å². The number of ether oxygens (including phenoxy) is 1. The lowest BCUT2D eigenvalue weighted by Gasteiger charge is -2.08. The van der Waals surface area contributed by atoms with Crippen LogP contribution in [0, 0.1) is 5.82 Å². The molecular weight excluding hydrogens is 225 g/mol. The smallest absolute Gasteiger partial charge is 0.165 e. The third-order valence-corrected chi connectivity index (χ3v) is 2.95. The maximum atomic E-state index is 13.1. The Morgan fingerprint density at radius 2 is 2.19 bits per heavy atom. The van der Waals surface area contributed by atoms with Crippen molar-refractivity contribution in [3.63, 3.8) is 0 Å². The Labute approximate surface area is 101 Å². The molecule has 0 unspecified atom stereocenters. The fraction of sp³-hybridized carbons (Fsp3) is 0.500. The van der Waals surface area contributed by atoms with E-state index in [0.29, 0.717) is 0 Å². The van der Waals surface area contributed by atoms with Gasteiger partial charge in [-0.15, -0.1) is 0 Å². The van der Waals surface area contributed by atoms with Crippen LogP contribution in [-0.4, -0.2) is 25.7 Å². The molecule has 0 aromatic heterocycles. The molecule has 4 heteroatoms. The van der Waals surface area contributed by atoms with E-state index in [0.717, 1.165) is 18.7 Å². The lowest BCUT2D eigenvalue weighted by Crippen LogP contribution is -2.02. The van der Waals surface area contributed by atoms with Crippen molar-refractivity contribution < 1.29 is 9.13 Å². The molecule has 0 heterocycles. The predicted molar refractivity (Wildman–Crippen MR) is 69.1 cm³/mol. The molecule has 0 saturated heterocycles. The van der Waals surface area contributed by atoms with Gasteiger partial charge in [0, 0.05) is 18.3 Å². The highest BCUT2D eigenvalue weighted by Crippen LogP contribution is 2.21. The van der Waals surface area contributed by atoms with Crippen molar-refractivity contribution in [3.8, 4) is 5.75 Å². The SMILES string of the molecule is COc1cc(NCCCCSC)ccc1F. The molecule has 1 aromatic carbocycles. The third-order valence-electron chi connectivity index (χ3n) is 2.26. The Kier molecular flexibility index (Phi) is 6.08.